The smallest absolute Gasteiger partial charge is 0.255 e. The Bertz CT molecular complexity index is 556. The fraction of sp³-hybridized carbons (Fsp3) is 0.800. The lowest BCUT2D eigenvalue weighted by Gasteiger charge is -2.40. The van der Waals surface area contributed by atoms with Crippen LogP contribution in [0.5, 0.6) is 0 Å². The van der Waals surface area contributed by atoms with Crippen LogP contribution in [0, 0.1) is 5.92 Å². The van der Waals surface area contributed by atoms with E-state index in [-0.39, 0.29) is 5.91 Å². The number of rotatable bonds is 8. The topological polar surface area (TPSA) is 72.5 Å². The van der Waals surface area contributed by atoms with Crippen molar-refractivity contribution in [2.24, 2.45) is 5.92 Å². The zero-order valence-corrected chi connectivity index (χ0v) is 16.1. The zero-order valence-electron chi connectivity index (χ0n) is 16.1. The summed E-state index contributed by atoms with van der Waals surface area (Å²) in [6.07, 6.45) is 13.8. The molecule has 1 atom stereocenters. The highest BCUT2D eigenvalue weighted by Crippen LogP contribution is 2.28. The van der Waals surface area contributed by atoms with Crippen molar-refractivity contribution in [3.05, 3.63) is 18.0 Å². The van der Waals surface area contributed by atoms with Crippen LogP contribution in [0.2, 0.25) is 0 Å². The molecule has 2 N–H and O–H groups in total. The lowest BCUT2D eigenvalue weighted by Crippen LogP contribution is -2.58. The normalized spacial score (nSPS) is 25.2. The number of likely N-dealkylation sites (N-methyl/N-ethyl adjacent to an activating group) is 1. The molecule has 0 unspecified atom stereocenters. The standard InChI is InChI=1S/C20H34N4O2/c1-23(12-8-18-14-21-22-15-18)16-20(26)10-5-11-24(19(20)25)13-9-17-6-3-2-4-7-17/h14-15,17,26H,2-13,16H2,1H3,(H,21,22)/t20-/m0/s1. The largest absolute Gasteiger partial charge is 0.379 e. The molecule has 0 aromatic carbocycles. The monoisotopic (exact) mass is 362 g/mol. The van der Waals surface area contributed by atoms with Crippen LogP contribution in [0.15, 0.2) is 12.4 Å². The van der Waals surface area contributed by atoms with Crippen molar-refractivity contribution >= 4 is 5.91 Å². The van der Waals surface area contributed by atoms with Crippen LogP contribution < -0.4 is 0 Å². The second-order valence-corrected chi connectivity index (χ2v) is 8.31. The number of carbonyl (C=O) groups excluding carboxylic acids is 1. The van der Waals surface area contributed by atoms with Crippen LogP contribution in [-0.2, 0) is 11.2 Å². The molecule has 6 nitrogen and oxygen atoms in total. The highest BCUT2D eigenvalue weighted by molar-refractivity contribution is 5.86. The summed E-state index contributed by atoms with van der Waals surface area (Å²) in [6, 6.07) is 0. The number of amides is 1. The Kier molecular flexibility index (Phi) is 6.70. The first-order valence-corrected chi connectivity index (χ1v) is 10.2. The molecule has 0 radical (unpaired) electrons. The molecule has 1 amide bonds. The van der Waals surface area contributed by atoms with Crippen molar-refractivity contribution in [1.82, 2.24) is 20.0 Å². The molecule has 1 aliphatic heterocycles. The molecule has 2 fully saturated rings. The molecule has 6 heteroatoms. The fourth-order valence-corrected chi connectivity index (χ4v) is 4.50. The van der Waals surface area contributed by atoms with E-state index in [1.165, 1.54) is 32.1 Å². The molecular formula is C20H34N4O2. The fourth-order valence-electron chi connectivity index (χ4n) is 4.50. The van der Waals surface area contributed by atoms with Crippen LogP contribution in [0.4, 0.5) is 0 Å². The highest BCUT2D eigenvalue weighted by atomic mass is 16.3. The van der Waals surface area contributed by atoms with Crippen molar-refractivity contribution < 1.29 is 9.90 Å². The zero-order chi connectivity index (χ0) is 18.4. The van der Waals surface area contributed by atoms with E-state index in [0.29, 0.717) is 13.0 Å². The maximum atomic E-state index is 12.9. The minimum absolute atomic E-state index is 0.0604. The number of likely N-dealkylation sites (tertiary alicyclic amines) is 1. The molecule has 1 aromatic heterocycles. The Morgan fingerprint density at radius 1 is 1.35 bits per heavy atom. The summed E-state index contributed by atoms with van der Waals surface area (Å²) in [7, 11) is 1.98. The third-order valence-electron chi connectivity index (χ3n) is 6.10. The van der Waals surface area contributed by atoms with Gasteiger partial charge in [-0.2, -0.15) is 5.10 Å². The predicted octanol–water partition coefficient (Wildman–Crippen LogP) is 2.21. The third kappa shape index (κ3) is 5.07. The SMILES string of the molecule is CN(CCc1cn[nH]c1)C[C@@]1(O)CCCN(CCC2CCCCC2)C1=O. The molecule has 3 rings (SSSR count). The molecule has 1 saturated carbocycles. The first kappa shape index (κ1) is 19.4. The van der Waals surface area contributed by atoms with Crippen molar-refractivity contribution in [3.63, 3.8) is 0 Å². The Morgan fingerprint density at radius 2 is 2.15 bits per heavy atom. The minimum atomic E-state index is -1.23. The molecule has 1 aliphatic carbocycles. The van der Waals surface area contributed by atoms with Gasteiger partial charge in [0.15, 0.2) is 5.60 Å². The van der Waals surface area contributed by atoms with Crippen molar-refractivity contribution in [1.29, 1.82) is 0 Å². The number of hydrogen-bond acceptors (Lipinski definition) is 4. The van der Waals surface area contributed by atoms with Crippen LogP contribution in [0.3, 0.4) is 0 Å². The molecule has 0 bridgehead atoms. The summed E-state index contributed by atoms with van der Waals surface area (Å²) in [4.78, 5) is 16.9. The van der Waals surface area contributed by atoms with Gasteiger partial charge in [0.2, 0.25) is 0 Å². The Labute approximate surface area is 156 Å². The molecular weight excluding hydrogens is 328 g/mol. The summed E-state index contributed by atoms with van der Waals surface area (Å²) >= 11 is 0. The van der Waals surface area contributed by atoms with E-state index in [1.807, 2.05) is 24.3 Å². The number of hydrogen-bond donors (Lipinski definition) is 2. The highest BCUT2D eigenvalue weighted by Gasteiger charge is 2.42. The second kappa shape index (κ2) is 9.00. The van der Waals surface area contributed by atoms with Gasteiger partial charge in [0.1, 0.15) is 0 Å². The second-order valence-electron chi connectivity index (χ2n) is 8.31. The van der Waals surface area contributed by atoms with Crippen molar-refractivity contribution in [3.8, 4) is 0 Å². The average molecular weight is 363 g/mol. The van der Waals surface area contributed by atoms with E-state index in [2.05, 4.69) is 15.1 Å². The number of H-pyrrole nitrogens is 1. The summed E-state index contributed by atoms with van der Waals surface area (Å²) in [5, 5.41) is 17.8. The summed E-state index contributed by atoms with van der Waals surface area (Å²) < 4.78 is 0. The lowest BCUT2D eigenvalue weighted by molar-refractivity contribution is -0.159. The Balaban J connectivity index is 1.48. The molecule has 2 aliphatic rings. The van der Waals surface area contributed by atoms with Gasteiger partial charge in [-0.15, -0.1) is 0 Å². The van der Waals surface area contributed by atoms with E-state index in [4.69, 9.17) is 0 Å². The number of aromatic amines is 1. The van der Waals surface area contributed by atoms with E-state index in [1.54, 1.807) is 0 Å². The summed E-state index contributed by atoms with van der Waals surface area (Å²) in [5.41, 5.74) is -0.0800. The first-order valence-electron chi connectivity index (χ1n) is 10.2. The molecule has 2 heterocycles. The number of piperidine rings is 1. The van der Waals surface area contributed by atoms with E-state index in [0.717, 1.165) is 50.4 Å². The molecule has 26 heavy (non-hydrogen) atoms. The average Bonchev–Trinajstić information content (AvgIpc) is 3.16. The van der Waals surface area contributed by atoms with Gasteiger partial charge < -0.3 is 14.9 Å². The van der Waals surface area contributed by atoms with Crippen LogP contribution in [0.25, 0.3) is 0 Å². The van der Waals surface area contributed by atoms with Crippen molar-refractivity contribution in [2.75, 3.05) is 33.2 Å². The van der Waals surface area contributed by atoms with Crippen LogP contribution in [-0.4, -0.2) is 69.8 Å². The molecule has 1 aromatic rings. The summed E-state index contributed by atoms with van der Waals surface area (Å²) in [5.74, 6) is 0.707. The Hall–Kier alpha value is -1.40. The number of nitrogens with one attached hydrogen (secondary N) is 1. The summed E-state index contributed by atoms with van der Waals surface area (Å²) in [6.45, 7) is 2.82. The van der Waals surface area contributed by atoms with Gasteiger partial charge >= 0.3 is 0 Å². The van der Waals surface area contributed by atoms with E-state index in [9.17, 15) is 9.90 Å². The predicted molar refractivity (Wildman–Crippen MR) is 102 cm³/mol. The number of aromatic nitrogens is 2. The number of aliphatic hydroxyl groups is 1. The number of nitrogens with zero attached hydrogens (tertiary/aromatic N) is 3. The van der Waals surface area contributed by atoms with Gasteiger partial charge in [0.25, 0.3) is 5.91 Å². The van der Waals surface area contributed by atoms with Gasteiger partial charge in [0, 0.05) is 32.4 Å². The maximum Gasteiger partial charge on any atom is 0.255 e. The maximum absolute atomic E-state index is 12.9. The lowest BCUT2D eigenvalue weighted by atomic mass is 9.86. The van der Waals surface area contributed by atoms with Crippen LogP contribution in [0.1, 0.15) is 56.9 Å². The van der Waals surface area contributed by atoms with Gasteiger partial charge in [-0.25, -0.2) is 0 Å². The van der Waals surface area contributed by atoms with Gasteiger partial charge in [-0.3, -0.25) is 9.89 Å². The number of carbonyl (C=O) groups is 1. The third-order valence-corrected chi connectivity index (χ3v) is 6.10. The van der Waals surface area contributed by atoms with Crippen LogP contribution >= 0.6 is 0 Å². The van der Waals surface area contributed by atoms with Gasteiger partial charge in [-0.1, -0.05) is 32.1 Å². The molecule has 1 saturated heterocycles. The van der Waals surface area contributed by atoms with Crippen molar-refractivity contribution in [2.45, 2.75) is 63.4 Å². The van der Waals surface area contributed by atoms with E-state index >= 15 is 0 Å². The quantitative estimate of drug-likeness (QED) is 0.744. The Morgan fingerprint density at radius 3 is 2.88 bits per heavy atom. The minimum Gasteiger partial charge on any atom is -0.379 e. The molecule has 0 spiro atoms. The first-order chi connectivity index (χ1) is 12.6. The van der Waals surface area contributed by atoms with Gasteiger partial charge in [0.05, 0.1) is 6.20 Å². The van der Waals surface area contributed by atoms with E-state index < -0.39 is 5.60 Å². The molecule has 146 valence electrons. The van der Waals surface area contributed by atoms with Gasteiger partial charge in [-0.05, 0) is 44.2 Å².